The highest BCUT2D eigenvalue weighted by atomic mass is 32.2. The van der Waals surface area contributed by atoms with Crippen molar-refractivity contribution in [2.24, 2.45) is 0 Å². The van der Waals surface area contributed by atoms with Crippen LogP contribution in [0.15, 0.2) is 47.1 Å². The minimum atomic E-state index is -4.92. The van der Waals surface area contributed by atoms with Crippen LogP contribution in [-0.2, 0) is 25.3 Å². The van der Waals surface area contributed by atoms with E-state index < -0.39 is 14.4 Å². The third-order valence-corrected chi connectivity index (χ3v) is 5.81. The van der Waals surface area contributed by atoms with Crippen molar-refractivity contribution in [1.82, 2.24) is 14.9 Å². The predicted molar refractivity (Wildman–Crippen MR) is 115 cm³/mol. The van der Waals surface area contributed by atoms with Gasteiger partial charge in [-0.15, -0.1) is 4.89 Å². The zero-order chi connectivity index (χ0) is 23.0. The third-order valence-electron chi connectivity index (χ3n) is 4.13. The first kappa shape index (κ1) is 24.7. The second-order valence-electron chi connectivity index (χ2n) is 6.38. The van der Waals surface area contributed by atoms with Gasteiger partial charge in [0.05, 0.1) is 13.2 Å². The summed E-state index contributed by atoms with van der Waals surface area (Å²) in [5.41, 5.74) is 7.24. The molecule has 2 aromatic rings. The van der Waals surface area contributed by atoms with Crippen LogP contribution in [0.1, 0.15) is 35.1 Å². The normalized spacial score (nSPS) is 12.3. The van der Waals surface area contributed by atoms with Gasteiger partial charge in [-0.3, -0.25) is 14.1 Å². The van der Waals surface area contributed by atoms with E-state index in [9.17, 15) is 19.0 Å². The summed E-state index contributed by atoms with van der Waals surface area (Å²) in [5.74, 6) is 0.705. The lowest BCUT2D eigenvalue weighted by molar-refractivity contribution is -0.116. The summed E-state index contributed by atoms with van der Waals surface area (Å²) in [6, 6.07) is 8.47. The molecular formula is C19H22N4O6PS. The maximum Gasteiger partial charge on any atom is 0.499 e. The summed E-state index contributed by atoms with van der Waals surface area (Å²) in [7, 11) is -4.92. The highest BCUT2D eigenvalue weighted by Crippen LogP contribution is 2.38. The molecule has 0 saturated carbocycles. The molecule has 165 valence electrons. The van der Waals surface area contributed by atoms with Gasteiger partial charge < -0.3 is 15.5 Å². The average molecular weight is 465 g/mol. The van der Waals surface area contributed by atoms with Crippen LogP contribution in [0.5, 0.6) is 0 Å². The first-order chi connectivity index (χ1) is 14.6. The molecular weight excluding hydrogens is 443 g/mol. The first-order valence-electron chi connectivity index (χ1n) is 9.06. The molecule has 0 spiro atoms. The maximum atomic E-state index is 12.7. The predicted octanol–water partition coefficient (Wildman–Crippen LogP) is 3.07. The van der Waals surface area contributed by atoms with Crippen molar-refractivity contribution >= 4 is 36.9 Å². The molecule has 0 aliphatic carbocycles. The van der Waals surface area contributed by atoms with Crippen molar-refractivity contribution in [2.45, 2.75) is 26.8 Å². The van der Waals surface area contributed by atoms with Crippen molar-refractivity contribution in [3.05, 3.63) is 64.1 Å². The Bertz CT molecular complexity index is 1010. The number of anilines is 1. The summed E-state index contributed by atoms with van der Waals surface area (Å²) in [5, 5.41) is -0.298. The van der Waals surface area contributed by atoms with Crippen LogP contribution in [0.4, 0.5) is 5.82 Å². The number of carbonyl (C=O) groups excluding carboxylic acids is 2. The molecule has 0 saturated heterocycles. The molecule has 2 rings (SSSR count). The number of allylic oxidation sites excluding steroid dienone is 1. The van der Waals surface area contributed by atoms with E-state index >= 15 is 0 Å². The molecule has 0 fully saturated rings. The number of aromatic nitrogens is 2. The number of aryl methyl sites for hydroxylation is 1. The molecule has 0 aliphatic heterocycles. The highest BCUT2D eigenvalue weighted by molar-refractivity contribution is 8.17. The molecule has 1 aromatic heterocycles. The Balaban J connectivity index is 2.30. The van der Waals surface area contributed by atoms with Gasteiger partial charge in [-0.05, 0) is 25.6 Å². The summed E-state index contributed by atoms with van der Waals surface area (Å²) in [4.78, 5) is 54.0. The van der Waals surface area contributed by atoms with Crippen molar-refractivity contribution < 1.29 is 28.5 Å². The molecule has 0 aliphatic rings. The number of carbonyl (C=O) groups is 2. The fourth-order valence-electron chi connectivity index (χ4n) is 2.52. The molecule has 1 unspecified atom stereocenters. The second-order valence-corrected chi connectivity index (χ2v) is 8.64. The highest BCUT2D eigenvalue weighted by Gasteiger charge is 2.20. The molecule has 31 heavy (non-hydrogen) atoms. The number of nitrogen functional groups attached to an aromatic ring is 1. The monoisotopic (exact) mass is 465 g/mol. The largest absolute Gasteiger partial charge is 0.499 e. The zero-order valence-electron chi connectivity index (χ0n) is 16.9. The Morgan fingerprint density at radius 1 is 1.35 bits per heavy atom. The molecule has 1 atom stereocenters. The molecule has 10 nitrogen and oxygen atoms in total. The third kappa shape index (κ3) is 7.89. The fourth-order valence-corrected chi connectivity index (χ4v) is 3.77. The van der Waals surface area contributed by atoms with E-state index in [0.717, 1.165) is 11.8 Å². The molecule has 0 bridgehead atoms. The van der Waals surface area contributed by atoms with Crippen molar-refractivity contribution in [1.29, 1.82) is 0 Å². The van der Waals surface area contributed by atoms with E-state index in [-0.39, 0.29) is 23.9 Å². The molecule has 3 N–H and O–H groups in total. The molecule has 1 amide bonds. The number of thioether (sulfide) groups is 1. The van der Waals surface area contributed by atoms with E-state index in [2.05, 4.69) is 14.5 Å². The van der Waals surface area contributed by atoms with Gasteiger partial charge in [0, 0.05) is 34.3 Å². The lowest BCUT2D eigenvalue weighted by atomic mass is 10.2. The Labute approximate surface area is 183 Å². The Morgan fingerprint density at radius 2 is 2.03 bits per heavy atom. The van der Waals surface area contributed by atoms with E-state index in [1.165, 1.54) is 11.1 Å². The topological polar surface area (TPSA) is 156 Å². The summed E-state index contributed by atoms with van der Waals surface area (Å²) < 4.78 is 15.3. The quantitative estimate of drug-likeness (QED) is 0.398. The Morgan fingerprint density at radius 3 is 2.61 bits per heavy atom. The first-order valence-corrected chi connectivity index (χ1v) is 11.4. The lowest BCUT2D eigenvalue weighted by Gasteiger charge is -2.22. The van der Waals surface area contributed by atoms with E-state index in [0.29, 0.717) is 34.0 Å². The zero-order valence-corrected chi connectivity index (χ0v) is 18.6. The van der Waals surface area contributed by atoms with Gasteiger partial charge in [-0.1, -0.05) is 30.3 Å². The van der Waals surface area contributed by atoms with Gasteiger partial charge in [0.2, 0.25) is 11.5 Å². The van der Waals surface area contributed by atoms with E-state index in [4.69, 9.17) is 10.6 Å². The number of nitrogens with zero attached hydrogens (tertiary/aromatic N) is 3. The minimum Gasteiger partial charge on any atom is -0.383 e. The van der Waals surface area contributed by atoms with E-state index in [1.807, 2.05) is 0 Å². The van der Waals surface area contributed by atoms with Crippen LogP contribution in [0.3, 0.4) is 0 Å². The van der Waals surface area contributed by atoms with Crippen LogP contribution in [-0.4, -0.2) is 37.9 Å². The lowest BCUT2D eigenvalue weighted by Crippen LogP contribution is -2.22. The smallest absolute Gasteiger partial charge is 0.383 e. The SMILES string of the molecule is C/C(=C(\CCOP([O])(=O)O)SC(=O)c1ccccc1)N(C=O)Cc1cnc(C)nc1N. The minimum absolute atomic E-state index is 0.0356. The second kappa shape index (κ2) is 11.2. The van der Waals surface area contributed by atoms with Gasteiger partial charge in [-0.25, -0.2) is 14.5 Å². The van der Waals surface area contributed by atoms with Gasteiger partial charge in [0.25, 0.3) is 0 Å². The van der Waals surface area contributed by atoms with Crippen LogP contribution >= 0.6 is 19.6 Å². The molecule has 1 radical (unpaired) electrons. The van der Waals surface area contributed by atoms with Crippen LogP contribution in [0, 0.1) is 6.92 Å². The van der Waals surface area contributed by atoms with Crippen molar-refractivity contribution in [3.63, 3.8) is 0 Å². The van der Waals surface area contributed by atoms with Crippen LogP contribution in [0.25, 0.3) is 0 Å². The fraction of sp³-hybridized carbons (Fsp3) is 0.263. The van der Waals surface area contributed by atoms with Crippen molar-refractivity contribution in [2.75, 3.05) is 12.3 Å². The standard InChI is InChI=1S/C19H22N4O6PS/c1-13(23(12-24)11-16-10-21-14(2)22-18(16)20)17(8-9-29-30(26,27)28)31-19(25)15-6-4-3-5-7-15/h3-7,10,12H,8-9,11H2,1-2H3,(H,26,27)(H2,20,21,22)/b17-13-. The van der Waals surface area contributed by atoms with Crippen LogP contribution < -0.4 is 5.73 Å². The van der Waals surface area contributed by atoms with Gasteiger partial charge in [-0.2, -0.15) is 0 Å². The molecule has 12 heteroatoms. The Hall–Kier alpha value is -2.56. The maximum absolute atomic E-state index is 12.7. The Kier molecular flexibility index (Phi) is 8.90. The molecule has 1 heterocycles. The van der Waals surface area contributed by atoms with Gasteiger partial charge in [0.15, 0.2) is 0 Å². The number of nitrogens with two attached hydrogens (primary N) is 1. The van der Waals surface area contributed by atoms with Crippen molar-refractivity contribution in [3.8, 4) is 0 Å². The average Bonchev–Trinajstić information content (AvgIpc) is 2.71. The number of hydrogen-bond acceptors (Lipinski definition) is 8. The van der Waals surface area contributed by atoms with Crippen LogP contribution in [0.2, 0.25) is 0 Å². The number of benzene rings is 1. The van der Waals surface area contributed by atoms with Gasteiger partial charge >= 0.3 is 7.82 Å². The number of rotatable bonds is 10. The number of hydrogen-bond donors (Lipinski definition) is 2. The van der Waals surface area contributed by atoms with E-state index in [1.54, 1.807) is 44.2 Å². The van der Waals surface area contributed by atoms with Gasteiger partial charge in [0.1, 0.15) is 11.6 Å². The molecule has 1 aromatic carbocycles. The summed E-state index contributed by atoms with van der Waals surface area (Å²) >= 11 is 0.842. The summed E-state index contributed by atoms with van der Waals surface area (Å²) in [6.45, 7) is 2.94. The number of amides is 1. The summed E-state index contributed by atoms with van der Waals surface area (Å²) in [6.07, 6.45) is 2.03.